The summed E-state index contributed by atoms with van der Waals surface area (Å²) in [6.45, 7) is 8.04. The normalized spacial score (nSPS) is 21.7. The molecule has 0 atom stereocenters. The van der Waals surface area contributed by atoms with E-state index in [-0.39, 0.29) is 11.2 Å². The van der Waals surface area contributed by atoms with Crippen molar-refractivity contribution < 1.29 is 13.7 Å². The van der Waals surface area contributed by atoms with Gasteiger partial charge in [0, 0.05) is 0 Å². The topological polar surface area (TPSA) is 44.5 Å². The zero-order valence-electron chi connectivity index (χ0n) is 11.1. The number of rotatable bonds is 1. The summed E-state index contributed by atoms with van der Waals surface area (Å²) in [4.78, 5) is 4.41. The molecule has 0 saturated carbocycles. The monoisotopic (exact) mass is 245 g/mol. The van der Waals surface area contributed by atoms with Crippen LogP contribution in [0, 0.1) is 0 Å². The lowest BCUT2D eigenvalue weighted by atomic mass is 9.90. The van der Waals surface area contributed by atoms with Gasteiger partial charge in [0.1, 0.15) is 5.52 Å². The van der Waals surface area contributed by atoms with E-state index in [1.807, 2.05) is 52.0 Å². The van der Waals surface area contributed by atoms with Crippen molar-refractivity contribution in [1.82, 2.24) is 4.98 Å². The van der Waals surface area contributed by atoms with Gasteiger partial charge in [0.05, 0.1) is 11.2 Å². The van der Waals surface area contributed by atoms with Crippen LogP contribution in [0.25, 0.3) is 11.1 Å². The molecule has 1 aliphatic heterocycles. The fraction of sp³-hybridized carbons (Fsp3) is 0.462. The molecule has 2 aromatic rings. The highest BCUT2D eigenvalue weighted by Gasteiger charge is 2.53. The first-order valence-corrected chi connectivity index (χ1v) is 6.10. The third kappa shape index (κ3) is 1.66. The highest BCUT2D eigenvalue weighted by Crippen LogP contribution is 2.36. The molecule has 5 heteroatoms. The van der Waals surface area contributed by atoms with Crippen LogP contribution in [-0.4, -0.2) is 23.3 Å². The molecule has 94 valence electrons. The van der Waals surface area contributed by atoms with Crippen LogP contribution in [0.3, 0.4) is 0 Å². The average Bonchev–Trinajstić information content (AvgIpc) is 2.78. The third-order valence-corrected chi connectivity index (χ3v) is 3.77. The van der Waals surface area contributed by atoms with Crippen molar-refractivity contribution in [1.29, 1.82) is 0 Å². The summed E-state index contributed by atoms with van der Waals surface area (Å²) in [5.74, 6) is 0.481. The van der Waals surface area contributed by atoms with Gasteiger partial charge in [-0.25, -0.2) is 4.98 Å². The summed E-state index contributed by atoms with van der Waals surface area (Å²) in [5, 5.41) is 0. The first kappa shape index (κ1) is 11.7. The molecule has 0 unspecified atom stereocenters. The first-order chi connectivity index (χ1) is 8.39. The molecule has 0 radical (unpaired) electrons. The Morgan fingerprint density at radius 1 is 1.00 bits per heavy atom. The minimum Gasteiger partial charge on any atom is -0.444 e. The first-order valence-electron chi connectivity index (χ1n) is 6.10. The third-order valence-electron chi connectivity index (χ3n) is 3.77. The zero-order valence-corrected chi connectivity index (χ0v) is 11.1. The fourth-order valence-corrected chi connectivity index (χ4v) is 1.93. The molecule has 1 aromatic heterocycles. The van der Waals surface area contributed by atoms with Crippen LogP contribution in [-0.2, 0) is 9.31 Å². The Bertz CT molecular complexity index is 542. The van der Waals surface area contributed by atoms with E-state index in [1.165, 1.54) is 0 Å². The van der Waals surface area contributed by atoms with Gasteiger partial charge in [0.2, 0.25) is 5.79 Å². The molecule has 18 heavy (non-hydrogen) atoms. The van der Waals surface area contributed by atoms with E-state index in [1.54, 1.807) is 0 Å². The second-order valence-electron chi connectivity index (χ2n) is 5.61. The van der Waals surface area contributed by atoms with Gasteiger partial charge in [0.15, 0.2) is 5.58 Å². The molecule has 0 amide bonds. The number of hydrogen-bond acceptors (Lipinski definition) is 4. The van der Waals surface area contributed by atoms with Crippen LogP contribution in [0.1, 0.15) is 27.7 Å². The van der Waals surface area contributed by atoms with Gasteiger partial charge in [-0.15, -0.1) is 0 Å². The lowest BCUT2D eigenvalue weighted by Gasteiger charge is -2.32. The molecule has 0 aliphatic carbocycles. The van der Waals surface area contributed by atoms with Crippen LogP contribution < -0.4 is 5.79 Å². The molecule has 1 aromatic carbocycles. The molecule has 1 saturated heterocycles. The lowest BCUT2D eigenvalue weighted by Crippen LogP contribution is -2.41. The zero-order chi connectivity index (χ0) is 13.0. The van der Waals surface area contributed by atoms with E-state index in [0.29, 0.717) is 5.79 Å². The van der Waals surface area contributed by atoms with Gasteiger partial charge in [0.25, 0.3) is 0 Å². The van der Waals surface area contributed by atoms with Gasteiger partial charge >= 0.3 is 7.12 Å². The quantitative estimate of drug-likeness (QED) is 0.722. The van der Waals surface area contributed by atoms with Crippen molar-refractivity contribution >= 4 is 24.0 Å². The highest BCUT2D eigenvalue weighted by atomic mass is 16.7. The van der Waals surface area contributed by atoms with E-state index in [0.717, 1.165) is 11.1 Å². The Labute approximate surface area is 106 Å². The maximum absolute atomic E-state index is 5.90. The summed E-state index contributed by atoms with van der Waals surface area (Å²) in [6, 6.07) is 7.64. The number of oxazole rings is 1. The van der Waals surface area contributed by atoms with Gasteiger partial charge in [-0.05, 0) is 39.8 Å². The standard InChI is InChI=1S/C13H16BNO3/c1-12(2)13(3,4)18-14(17-12)11-15-9-7-5-6-8-10(9)16-11/h5-8H,1-4H3. The summed E-state index contributed by atoms with van der Waals surface area (Å²) in [5.41, 5.74) is 0.820. The van der Waals surface area contributed by atoms with E-state index in [9.17, 15) is 0 Å². The Balaban J connectivity index is 1.97. The average molecular weight is 245 g/mol. The number of hydrogen-bond donors (Lipinski definition) is 0. The molecular formula is C13H16BNO3. The molecule has 3 rings (SSSR count). The Hall–Kier alpha value is -1.33. The van der Waals surface area contributed by atoms with Crippen LogP contribution in [0.2, 0.25) is 0 Å². The maximum atomic E-state index is 5.90. The Morgan fingerprint density at radius 2 is 1.61 bits per heavy atom. The molecule has 0 bridgehead atoms. The molecule has 1 aliphatic rings. The van der Waals surface area contributed by atoms with Crippen molar-refractivity contribution in [3.05, 3.63) is 24.3 Å². The van der Waals surface area contributed by atoms with E-state index in [4.69, 9.17) is 13.7 Å². The van der Waals surface area contributed by atoms with E-state index < -0.39 is 7.12 Å². The van der Waals surface area contributed by atoms with Gasteiger partial charge < -0.3 is 13.7 Å². The van der Waals surface area contributed by atoms with Crippen LogP contribution in [0.5, 0.6) is 0 Å². The molecule has 2 heterocycles. The minimum atomic E-state index is -0.539. The smallest absolute Gasteiger partial charge is 0.444 e. The van der Waals surface area contributed by atoms with Crippen LogP contribution >= 0.6 is 0 Å². The summed E-state index contributed by atoms with van der Waals surface area (Å²) in [7, 11) is -0.539. The van der Waals surface area contributed by atoms with Gasteiger partial charge in [-0.3, -0.25) is 0 Å². The summed E-state index contributed by atoms with van der Waals surface area (Å²) in [6.07, 6.45) is 0. The number of benzene rings is 1. The molecule has 0 spiro atoms. The van der Waals surface area contributed by atoms with Crippen molar-refractivity contribution in [2.45, 2.75) is 38.9 Å². The number of nitrogens with zero attached hydrogens (tertiary/aromatic N) is 1. The van der Waals surface area contributed by atoms with Gasteiger partial charge in [-0.2, -0.15) is 0 Å². The van der Waals surface area contributed by atoms with Crippen LogP contribution in [0.4, 0.5) is 0 Å². The number of fused-ring (bicyclic) bond motifs is 1. The number of aromatic nitrogens is 1. The SMILES string of the molecule is CC1(C)OB(c2nc3ccccc3o2)OC1(C)C. The van der Waals surface area contributed by atoms with Crippen molar-refractivity contribution in [3.8, 4) is 0 Å². The maximum Gasteiger partial charge on any atom is 0.554 e. The van der Waals surface area contributed by atoms with E-state index in [2.05, 4.69) is 4.98 Å². The molecule has 0 N–H and O–H groups in total. The largest absolute Gasteiger partial charge is 0.554 e. The Kier molecular flexibility index (Phi) is 2.34. The molecule has 4 nitrogen and oxygen atoms in total. The molecular weight excluding hydrogens is 229 g/mol. The van der Waals surface area contributed by atoms with Gasteiger partial charge in [-0.1, -0.05) is 12.1 Å². The highest BCUT2D eigenvalue weighted by molar-refractivity contribution is 6.59. The second-order valence-corrected chi connectivity index (χ2v) is 5.61. The summed E-state index contributed by atoms with van der Waals surface area (Å²) < 4.78 is 17.5. The lowest BCUT2D eigenvalue weighted by molar-refractivity contribution is 0.00578. The predicted octanol–water partition coefficient (Wildman–Crippen LogP) is 2.13. The van der Waals surface area contributed by atoms with E-state index >= 15 is 0 Å². The second kappa shape index (κ2) is 3.59. The molecule has 1 fully saturated rings. The Morgan fingerprint density at radius 3 is 2.22 bits per heavy atom. The minimum absolute atomic E-state index is 0.377. The van der Waals surface area contributed by atoms with Crippen molar-refractivity contribution in [3.63, 3.8) is 0 Å². The van der Waals surface area contributed by atoms with Crippen LogP contribution in [0.15, 0.2) is 28.7 Å². The predicted molar refractivity (Wildman–Crippen MR) is 69.7 cm³/mol. The van der Waals surface area contributed by atoms with Crippen molar-refractivity contribution in [2.75, 3.05) is 0 Å². The number of para-hydroxylation sites is 2. The summed E-state index contributed by atoms with van der Waals surface area (Å²) >= 11 is 0. The van der Waals surface area contributed by atoms with Crippen molar-refractivity contribution in [2.24, 2.45) is 0 Å². The fourth-order valence-electron chi connectivity index (χ4n) is 1.93.